The van der Waals surface area contributed by atoms with Crippen LogP contribution in [0.4, 0.5) is 0 Å². The number of hydrogen-bond acceptors (Lipinski definition) is 7. The quantitative estimate of drug-likeness (QED) is 0.0211. The number of hydrogen-bond donors (Lipinski definition) is 1. The zero-order chi connectivity index (χ0) is 62.6. The predicted octanol–water partition coefficient (Wildman–Crippen LogP) is 22.6. The van der Waals surface area contributed by atoms with Crippen molar-refractivity contribution in [1.82, 2.24) is 0 Å². The molecule has 0 aromatic heterocycles. The van der Waals surface area contributed by atoms with Crippen molar-refractivity contribution in [2.75, 3.05) is 47.5 Å². The maximum absolute atomic E-state index is 12.9. The highest BCUT2D eigenvalue weighted by molar-refractivity contribution is 7.47. The molecule has 9 nitrogen and oxygen atoms in total. The van der Waals surface area contributed by atoms with Crippen LogP contribution in [0.5, 0.6) is 0 Å². The minimum Gasteiger partial charge on any atom is -0.462 e. The van der Waals surface area contributed by atoms with Crippen molar-refractivity contribution in [3.8, 4) is 0 Å². The molecule has 10 heteroatoms. The number of phosphoric acid groups is 1. The average Bonchev–Trinajstić information content (AvgIpc) is 3.56. The Bertz CT molecular complexity index is 1960. The van der Waals surface area contributed by atoms with Gasteiger partial charge < -0.3 is 18.9 Å². The van der Waals surface area contributed by atoms with Crippen molar-refractivity contribution in [3.05, 3.63) is 146 Å². The van der Waals surface area contributed by atoms with E-state index in [9.17, 15) is 19.0 Å². The van der Waals surface area contributed by atoms with E-state index in [0.717, 1.165) is 128 Å². The molecule has 86 heavy (non-hydrogen) atoms. The number of rotatable bonds is 62. The molecule has 0 spiro atoms. The molecule has 0 bridgehead atoms. The van der Waals surface area contributed by atoms with E-state index in [1.165, 1.54) is 109 Å². The fourth-order valence-electron chi connectivity index (χ4n) is 9.07. The fourth-order valence-corrected chi connectivity index (χ4v) is 9.82. The Balaban J connectivity index is 4.11. The van der Waals surface area contributed by atoms with Crippen LogP contribution in [0.25, 0.3) is 0 Å². The Morgan fingerprint density at radius 1 is 0.372 bits per heavy atom. The molecule has 0 rings (SSSR count). The zero-order valence-corrected chi connectivity index (χ0v) is 56.6. The first-order valence-corrected chi connectivity index (χ1v) is 36.1. The lowest BCUT2D eigenvalue weighted by Gasteiger charge is -2.24. The highest BCUT2D eigenvalue weighted by Gasteiger charge is 2.27. The summed E-state index contributed by atoms with van der Waals surface area (Å²) >= 11 is 0. The van der Waals surface area contributed by atoms with Gasteiger partial charge in [-0.2, -0.15) is 0 Å². The number of carbonyl (C=O) groups excluding carboxylic acids is 2. The van der Waals surface area contributed by atoms with Gasteiger partial charge >= 0.3 is 19.8 Å². The van der Waals surface area contributed by atoms with E-state index in [1.54, 1.807) is 0 Å². The molecule has 0 saturated heterocycles. The molecular formula is C76H129NO8P+. The summed E-state index contributed by atoms with van der Waals surface area (Å²) in [6, 6.07) is 0. The van der Waals surface area contributed by atoms with E-state index >= 15 is 0 Å². The topological polar surface area (TPSA) is 108 Å². The van der Waals surface area contributed by atoms with Gasteiger partial charge in [0.05, 0.1) is 27.7 Å². The smallest absolute Gasteiger partial charge is 0.462 e. The normalized spacial score (nSPS) is 14.1. The molecule has 0 saturated carbocycles. The molecule has 0 aliphatic rings. The average molecular weight is 1220 g/mol. The molecular weight excluding hydrogens is 1090 g/mol. The molecule has 0 radical (unpaired) electrons. The summed E-state index contributed by atoms with van der Waals surface area (Å²) in [4.78, 5) is 35.8. The van der Waals surface area contributed by atoms with Gasteiger partial charge in [-0.1, -0.05) is 282 Å². The molecule has 0 aliphatic carbocycles. The van der Waals surface area contributed by atoms with Crippen molar-refractivity contribution in [1.29, 1.82) is 0 Å². The summed E-state index contributed by atoms with van der Waals surface area (Å²) < 4.78 is 34.7. The monoisotopic (exact) mass is 1210 g/mol. The van der Waals surface area contributed by atoms with Crippen molar-refractivity contribution < 1.29 is 42.1 Å². The number of unbranched alkanes of at least 4 members (excludes halogenated alkanes) is 24. The van der Waals surface area contributed by atoms with Crippen LogP contribution in [-0.2, 0) is 32.7 Å². The highest BCUT2D eigenvalue weighted by Crippen LogP contribution is 2.43. The molecule has 1 N–H and O–H groups in total. The highest BCUT2D eigenvalue weighted by atomic mass is 31.2. The summed E-state index contributed by atoms with van der Waals surface area (Å²) in [5.74, 6) is -0.813. The molecule has 0 aromatic carbocycles. The SMILES string of the molecule is CC/C=C\C/C=C\C/C=C\C/C=C\C/C=C\C/C=C\C/C=C\C/C=C\C/C=C\CCCCCCCCCCCCCC(=O)OC(COC(=O)CCCCCCCCCC/C=C\C/C=C\C/C=C\CCCCCCC)COP(=O)(O)OCC[N+](C)(C)C. The minimum atomic E-state index is -4.40. The van der Waals surface area contributed by atoms with Gasteiger partial charge in [0.15, 0.2) is 6.10 Å². The number of allylic oxidation sites excluding steroid dienone is 24. The summed E-state index contributed by atoms with van der Waals surface area (Å²) in [6.45, 7) is 4.30. The van der Waals surface area contributed by atoms with Gasteiger partial charge in [0, 0.05) is 12.8 Å². The van der Waals surface area contributed by atoms with Crippen LogP contribution in [0.2, 0.25) is 0 Å². The third-order valence-electron chi connectivity index (χ3n) is 14.4. The van der Waals surface area contributed by atoms with Crippen LogP contribution in [0.3, 0.4) is 0 Å². The lowest BCUT2D eigenvalue weighted by atomic mass is 10.0. The second kappa shape index (κ2) is 65.3. The number of nitrogens with zero attached hydrogens (tertiary/aromatic N) is 1. The number of phosphoric ester groups is 1. The van der Waals surface area contributed by atoms with Crippen molar-refractivity contribution in [2.45, 2.75) is 277 Å². The number of likely N-dealkylation sites (N-methyl/N-ethyl adjacent to an activating group) is 1. The summed E-state index contributed by atoms with van der Waals surface area (Å²) in [5, 5.41) is 0. The number of carbonyl (C=O) groups is 2. The molecule has 2 unspecified atom stereocenters. The Labute approximate surface area is 529 Å². The third kappa shape index (κ3) is 69.0. The molecule has 0 aromatic rings. The second-order valence-electron chi connectivity index (χ2n) is 23.8. The zero-order valence-electron chi connectivity index (χ0n) is 55.7. The largest absolute Gasteiger partial charge is 0.472 e. The van der Waals surface area contributed by atoms with Gasteiger partial charge in [0.1, 0.15) is 19.8 Å². The lowest BCUT2D eigenvalue weighted by Crippen LogP contribution is -2.37. The van der Waals surface area contributed by atoms with E-state index < -0.39 is 26.5 Å². The van der Waals surface area contributed by atoms with Crippen LogP contribution >= 0.6 is 7.82 Å². The van der Waals surface area contributed by atoms with Crippen LogP contribution < -0.4 is 0 Å². The summed E-state index contributed by atoms with van der Waals surface area (Å²) in [6.07, 6.45) is 96.5. The third-order valence-corrected chi connectivity index (χ3v) is 15.3. The van der Waals surface area contributed by atoms with Crippen molar-refractivity contribution in [2.24, 2.45) is 0 Å². The first-order chi connectivity index (χ1) is 42.0. The van der Waals surface area contributed by atoms with Crippen molar-refractivity contribution >= 4 is 19.8 Å². The Hall–Kier alpha value is -4.11. The minimum absolute atomic E-state index is 0.0232. The molecule has 490 valence electrons. The number of quaternary nitrogens is 1. The standard InChI is InChI=1S/C76H128NO8P/c1-6-8-10-12-14-16-18-20-22-24-26-28-30-31-32-33-34-35-36-37-38-39-40-41-42-43-44-45-47-49-51-53-55-57-59-61-63-65-67-69-76(79)85-74(73-84-86(80,81)83-71-70-77(3,4)5)72-82-75(78)68-66-64-62-60-58-56-54-52-50-48-46-29-27-25-23-21-19-17-15-13-11-9-7-2/h8,10,14,16,19-22,25-28,31-32,34-35,37-38,40-41,43-44,46,48,74H,6-7,9,11-13,15,17-18,23-24,29-30,33,36,39,42,45,47,49-73H2,1-5H3/p+1/b10-8-,16-14-,21-19-,22-20-,27-25-,28-26-,32-31-,35-34-,38-37-,41-40-,44-43-,48-46-. The first-order valence-electron chi connectivity index (χ1n) is 34.6. The lowest BCUT2D eigenvalue weighted by molar-refractivity contribution is -0.870. The maximum Gasteiger partial charge on any atom is 0.472 e. The van der Waals surface area contributed by atoms with Gasteiger partial charge in [0.25, 0.3) is 0 Å². The Morgan fingerprint density at radius 3 is 0.988 bits per heavy atom. The fraction of sp³-hybridized carbons (Fsp3) is 0.658. The molecule has 2 atom stereocenters. The Kier molecular flexibility index (Phi) is 62.2. The maximum atomic E-state index is 12.9. The van der Waals surface area contributed by atoms with Crippen LogP contribution in [0, 0.1) is 0 Å². The summed E-state index contributed by atoms with van der Waals surface area (Å²) in [7, 11) is 1.46. The molecule has 0 amide bonds. The van der Waals surface area contributed by atoms with Gasteiger partial charge in [0.2, 0.25) is 0 Å². The van der Waals surface area contributed by atoms with Gasteiger partial charge in [-0.3, -0.25) is 18.6 Å². The van der Waals surface area contributed by atoms with Crippen LogP contribution in [-0.4, -0.2) is 74.9 Å². The van der Waals surface area contributed by atoms with E-state index in [2.05, 4.69) is 160 Å². The first kappa shape index (κ1) is 81.9. The molecule has 0 aliphatic heterocycles. The van der Waals surface area contributed by atoms with Crippen molar-refractivity contribution in [3.63, 3.8) is 0 Å². The van der Waals surface area contributed by atoms with E-state index in [0.29, 0.717) is 17.4 Å². The Morgan fingerprint density at radius 2 is 0.663 bits per heavy atom. The van der Waals surface area contributed by atoms with Crippen LogP contribution in [0.15, 0.2) is 146 Å². The van der Waals surface area contributed by atoms with E-state index in [-0.39, 0.29) is 32.0 Å². The molecule has 0 heterocycles. The summed E-state index contributed by atoms with van der Waals surface area (Å²) in [5.41, 5.74) is 0. The van der Waals surface area contributed by atoms with Crippen LogP contribution in [0.1, 0.15) is 271 Å². The predicted molar refractivity (Wildman–Crippen MR) is 371 cm³/mol. The van der Waals surface area contributed by atoms with Gasteiger partial charge in [-0.05, 0) is 122 Å². The van der Waals surface area contributed by atoms with E-state index in [4.69, 9.17) is 18.5 Å². The second-order valence-corrected chi connectivity index (χ2v) is 25.3. The number of ether oxygens (including phenoxy) is 2. The van der Waals surface area contributed by atoms with Gasteiger partial charge in [-0.25, -0.2) is 4.57 Å². The van der Waals surface area contributed by atoms with Gasteiger partial charge in [-0.15, -0.1) is 0 Å². The van der Waals surface area contributed by atoms with E-state index in [1.807, 2.05) is 21.1 Å². The molecule has 0 fully saturated rings. The number of esters is 2.